The van der Waals surface area contributed by atoms with Gasteiger partial charge in [-0.25, -0.2) is 0 Å². The van der Waals surface area contributed by atoms with Crippen molar-refractivity contribution in [2.24, 2.45) is 5.92 Å². The number of hydrogen-bond donors (Lipinski definition) is 1. The lowest BCUT2D eigenvalue weighted by Gasteiger charge is -2.44. The zero-order chi connectivity index (χ0) is 12.5. The summed E-state index contributed by atoms with van der Waals surface area (Å²) in [5.41, 5.74) is 1.00. The van der Waals surface area contributed by atoms with E-state index in [-0.39, 0.29) is 24.4 Å². The predicted octanol–water partition coefficient (Wildman–Crippen LogP) is 1.50. The minimum atomic E-state index is -0.458. The van der Waals surface area contributed by atoms with Crippen LogP contribution in [0.25, 0.3) is 0 Å². The van der Waals surface area contributed by atoms with Crippen LogP contribution in [0, 0.1) is 5.92 Å². The topological polar surface area (TPSA) is 47.9 Å². The Morgan fingerprint density at radius 2 is 1.89 bits per heavy atom. The van der Waals surface area contributed by atoms with Crippen molar-refractivity contribution in [1.82, 2.24) is 0 Å². The molecule has 18 heavy (non-hydrogen) atoms. The smallest absolute Gasteiger partial charge is 0.184 e. The quantitative estimate of drug-likeness (QED) is 0.820. The fourth-order valence-corrected chi connectivity index (χ4v) is 2.53. The average molecular weight is 250 g/mol. The number of aliphatic hydroxyl groups is 1. The molecule has 2 heterocycles. The van der Waals surface area contributed by atoms with Crippen LogP contribution in [0.3, 0.4) is 0 Å². The molecule has 0 aromatic heterocycles. The third-order valence-corrected chi connectivity index (χ3v) is 3.74. The third kappa shape index (κ3) is 2.17. The van der Waals surface area contributed by atoms with E-state index in [4.69, 9.17) is 14.2 Å². The molecule has 1 aromatic rings. The molecule has 1 aromatic carbocycles. The molecular formula is C14H18O4. The van der Waals surface area contributed by atoms with Crippen molar-refractivity contribution in [2.75, 3.05) is 13.2 Å². The van der Waals surface area contributed by atoms with Gasteiger partial charge in [0.05, 0.1) is 25.4 Å². The number of rotatable bonds is 1. The van der Waals surface area contributed by atoms with E-state index in [2.05, 4.69) is 0 Å². The standard InChI is InChI=1S/C14H18O4/c1-9-11(15)7-16-12-8-17-14(18-13(9)12)10-5-3-2-4-6-10/h2-6,9,11-15H,7-8H2,1H3/t9?,11-,12+,13-,14+/m0/s1. The molecule has 0 radical (unpaired) electrons. The maximum Gasteiger partial charge on any atom is 0.184 e. The Morgan fingerprint density at radius 1 is 1.11 bits per heavy atom. The molecule has 0 saturated carbocycles. The van der Waals surface area contributed by atoms with Gasteiger partial charge in [0.25, 0.3) is 0 Å². The Balaban J connectivity index is 1.75. The Labute approximate surface area is 106 Å². The van der Waals surface area contributed by atoms with Crippen molar-refractivity contribution in [3.8, 4) is 0 Å². The normalized spacial score (nSPS) is 40.2. The van der Waals surface area contributed by atoms with Crippen LogP contribution in [0.5, 0.6) is 0 Å². The number of ether oxygens (including phenoxy) is 3. The zero-order valence-electron chi connectivity index (χ0n) is 10.4. The molecule has 0 aliphatic carbocycles. The molecule has 3 rings (SSSR count). The minimum Gasteiger partial charge on any atom is -0.390 e. The summed E-state index contributed by atoms with van der Waals surface area (Å²) in [4.78, 5) is 0. The first-order valence-corrected chi connectivity index (χ1v) is 6.37. The fraction of sp³-hybridized carbons (Fsp3) is 0.571. The van der Waals surface area contributed by atoms with Gasteiger partial charge in [0.1, 0.15) is 6.10 Å². The second-order valence-corrected chi connectivity index (χ2v) is 4.97. The Bertz CT molecular complexity index is 392. The Morgan fingerprint density at radius 3 is 2.67 bits per heavy atom. The van der Waals surface area contributed by atoms with Crippen LogP contribution in [0.1, 0.15) is 18.8 Å². The summed E-state index contributed by atoms with van der Waals surface area (Å²) in [6, 6.07) is 9.85. The van der Waals surface area contributed by atoms with Crippen molar-refractivity contribution in [3.63, 3.8) is 0 Å². The second-order valence-electron chi connectivity index (χ2n) is 4.97. The summed E-state index contributed by atoms with van der Waals surface area (Å²) >= 11 is 0. The van der Waals surface area contributed by atoms with Crippen molar-refractivity contribution in [3.05, 3.63) is 35.9 Å². The summed E-state index contributed by atoms with van der Waals surface area (Å²) in [6.45, 7) is 2.88. The molecule has 2 saturated heterocycles. The van der Waals surface area contributed by atoms with Crippen LogP contribution < -0.4 is 0 Å². The van der Waals surface area contributed by atoms with Crippen LogP contribution in [-0.4, -0.2) is 36.6 Å². The molecule has 1 unspecified atom stereocenters. The van der Waals surface area contributed by atoms with Gasteiger partial charge in [0.2, 0.25) is 0 Å². The molecule has 0 amide bonds. The monoisotopic (exact) mass is 250 g/mol. The SMILES string of the molecule is CC1[C@@H](O)CO[C@@H]2CO[C@@H](c3ccccc3)O[C@@H]12. The summed E-state index contributed by atoms with van der Waals surface area (Å²) in [7, 11) is 0. The molecule has 4 nitrogen and oxygen atoms in total. The van der Waals surface area contributed by atoms with Crippen LogP contribution in [-0.2, 0) is 14.2 Å². The highest BCUT2D eigenvalue weighted by Gasteiger charge is 2.42. The summed E-state index contributed by atoms with van der Waals surface area (Å²) in [5, 5.41) is 9.83. The number of hydrogen-bond acceptors (Lipinski definition) is 4. The van der Waals surface area contributed by atoms with Gasteiger partial charge in [0.15, 0.2) is 6.29 Å². The average Bonchev–Trinajstić information content (AvgIpc) is 2.44. The van der Waals surface area contributed by atoms with Crippen molar-refractivity contribution in [1.29, 1.82) is 0 Å². The maximum atomic E-state index is 9.83. The molecule has 4 heteroatoms. The number of benzene rings is 1. The van der Waals surface area contributed by atoms with Gasteiger partial charge in [-0.3, -0.25) is 0 Å². The molecule has 0 bridgehead atoms. The maximum absolute atomic E-state index is 9.83. The highest BCUT2D eigenvalue weighted by Crippen LogP contribution is 2.34. The van der Waals surface area contributed by atoms with Crippen molar-refractivity contribution >= 4 is 0 Å². The first-order valence-electron chi connectivity index (χ1n) is 6.37. The highest BCUT2D eigenvalue weighted by molar-refractivity contribution is 5.16. The van der Waals surface area contributed by atoms with E-state index in [1.807, 2.05) is 37.3 Å². The van der Waals surface area contributed by atoms with E-state index in [0.29, 0.717) is 13.2 Å². The Hall–Kier alpha value is -0.940. The fourth-order valence-electron chi connectivity index (χ4n) is 2.53. The lowest BCUT2D eigenvalue weighted by atomic mass is 9.91. The molecule has 98 valence electrons. The molecule has 5 atom stereocenters. The van der Waals surface area contributed by atoms with Crippen LogP contribution in [0.2, 0.25) is 0 Å². The lowest BCUT2D eigenvalue weighted by Crippen LogP contribution is -2.54. The van der Waals surface area contributed by atoms with E-state index in [9.17, 15) is 5.11 Å². The van der Waals surface area contributed by atoms with Crippen LogP contribution >= 0.6 is 0 Å². The van der Waals surface area contributed by atoms with Gasteiger partial charge >= 0.3 is 0 Å². The van der Waals surface area contributed by atoms with Gasteiger partial charge in [-0.2, -0.15) is 0 Å². The van der Waals surface area contributed by atoms with Crippen molar-refractivity contribution in [2.45, 2.75) is 31.5 Å². The van der Waals surface area contributed by atoms with Gasteiger partial charge in [-0.05, 0) is 0 Å². The van der Waals surface area contributed by atoms with Gasteiger partial charge in [-0.15, -0.1) is 0 Å². The molecule has 2 aliphatic heterocycles. The second kappa shape index (κ2) is 4.97. The van der Waals surface area contributed by atoms with Gasteiger partial charge < -0.3 is 19.3 Å². The third-order valence-electron chi connectivity index (χ3n) is 3.74. The minimum absolute atomic E-state index is 0.0663. The van der Waals surface area contributed by atoms with E-state index in [1.54, 1.807) is 0 Å². The summed E-state index contributed by atoms with van der Waals surface area (Å²) in [5.74, 6) is 0.0684. The molecule has 1 N–H and O–H groups in total. The molecule has 0 spiro atoms. The van der Waals surface area contributed by atoms with Crippen LogP contribution in [0.4, 0.5) is 0 Å². The molecular weight excluding hydrogens is 232 g/mol. The van der Waals surface area contributed by atoms with Gasteiger partial charge in [-0.1, -0.05) is 37.3 Å². The summed E-state index contributed by atoms with van der Waals surface area (Å²) in [6.07, 6.45) is -0.986. The zero-order valence-corrected chi connectivity index (χ0v) is 10.4. The predicted molar refractivity (Wildman–Crippen MR) is 64.9 cm³/mol. The van der Waals surface area contributed by atoms with Gasteiger partial charge in [0, 0.05) is 11.5 Å². The first-order chi connectivity index (χ1) is 8.75. The molecule has 2 aliphatic rings. The lowest BCUT2D eigenvalue weighted by molar-refractivity contribution is -0.302. The van der Waals surface area contributed by atoms with E-state index in [0.717, 1.165) is 5.56 Å². The first kappa shape index (κ1) is 12.1. The molecule has 2 fully saturated rings. The number of fused-ring (bicyclic) bond motifs is 1. The van der Waals surface area contributed by atoms with E-state index < -0.39 is 6.10 Å². The van der Waals surface area contributed by atoms with Crippen LogP contribution in [0.15, 0.2) is 30.3 Å². The summed E-state index contributed by atoms with van der Waals surface area (Å²) < 4.78 is 17.2. The largest absolute Gasteiger partial charge is 0.390 e. The van der Waals surface area contributed by atoms with E-state index in [1.165, 1.54) is 0 Å². The number of aliphatic hydroxyl groups excluding tert-OH is 1. The Kier molecular flexibility index (Phi) is 3.35. The van der Waals surface area contributed by atoms with E-state index >= 15 is 0 Å². The van der Waals surface area contributed by atoms with Crippen molar-refractivity contribution < 1.29 is 19.3 Å². The highest BCUT2D eigenvalue weighted by atomic mass is 16.7.